The third kappa shape index (κ3) is 3.40. The summed E-state index contributed by atoms with van der Waals surface area (Å²) in [5.41, 5.74) is 6.53. The summed E-state index contributed by atoms with van der Waals surface area (Å²) in [7, 11) is 0. The largest absolute Gasteiger partial charge is 0.494 e. The van der Waals surface area contributed by atoms with Crippen LogP contribution in [0.4, 0.5) is 5.69 Å². The maximum Gasteiger partial charge on any atom is 0.282 e. The zero-order chi connectivity index (χ0) is 15.4. The molecule has 0 saturated heterocycles. The monoisotopic (exact) mass is 305 g/mol. The summed E-state index contributed by atoms with van der Waals surface area (Å²) in [6, 6.07) is 6.31. The van der Waals surface area contributed by atoms with Crippen molar-refractivity contribution in [3.63, 3.8) is 0 Å². The van der Waals surface area contributed by atoms with Crippen molar-refractivity contribution in [1.29, 1.82) is 0 Å². The van der Waals surface area contributed by atoms with Crippen molar-refractivity contribution < 1.29 is 9.53 Å². The summed E-state index contributed by atoms with van der Waals surface area (Å²) in [4.78, 5) is 12.0. The van der Waals surface area contributed by atoms with Crippen LogP contribution in [-0.4, -0.2) is 34.4 Å². The molecule has 110 valence electrons. The Hall–Kier alpha value is -2.35. The molecule has 0 fully saturated rings. The molecule has 7 nitrogen and oxygen atoms in total. The van der Waals surface area contributed by atoms with Crippen LogP contribution in [-0.2, 0) is 4.79 Å². The maximum atomic E-state index is 12.0. The highest BCUT2D eigenvalue weighted by molar-refractivity contribution is 7.80. The molecule has 1 amide bonds. The third-order valence-electron chi connectivity index (χ3n) is 2.74. The highest BCUT2D eigenvalue weighted by Gasteiger charge is 2.35. The number of hydrogen-bond acceptors (Lipinski definition) is 6. The molecule has 21 heavy (non-hydrogen) atoms. The highest BCUT2D eigenvalue weighted by Crippen LogP contribution is 2.20. The summed E-state index contributed by atoms with van der Waals surface area (Å²) in [6.07, 6.45) is 0. The van der Waals surface area contributed by atoms with Gasteiger partial charge in [-0.15, -0.1) is 0 Å². The van der Waals surface area contributed by atoms with E-state index in [0.29, 0.717) is 18.0 Å². The fourth-order valence-corrected chi connectivity index (χ4v) is 1.88. The van der Waals surface area contributed by atoms with Crippen LogP contribution in [0.5, 0.6) is 5.75 Å². The zero-order valence-electron chi connectivity index (χ0n) is 11.7. The lowest BCUT2D eigenvalue weighted by atomic mass is 10.2. The predicted molar refractivity (Wildman–Crippen MR) is 82.7 cm³/mol. The molecule has 1 aliphatic heterocycles. The van der Waals surface area contributed by atoms with E-state index in [2.05, 4.69) is 15.3 Å². The number of carbonyl (C=O) groups is 1. The Bertz CT molecular complexity index is 611. The van der Waals surface area contributed by atoms with E-state index >= 15 is 0 Å². The minimum absolute atomic E-state index is 0.0990. The molecule has 8 heteroatoms. The minimum Gasteiger partial charge on any atom is -0.494 e. The number of carbonyl (C=O) groups excluding carboxylic acids is 1. The summed E-state index contributed by atoms with van der Waals surface area (Å²) < 4.78 is 5.33. The number of hydrazone groups is 1. The molecule has 0 aliphatic carbocycles. The molecular weight excluding hydrogens is 290 g/mol. The number of ether oxygens (including phenoxy) is 1. The molecule has 1 heterocycles. The van der Waals surface area contributed by atoms with Crippen molar-refractivity contribution in [3.05, 3.63) is 24.3 Å². The van der Waals surface area contributed by atoms with Crippen LogP contribution >= 0.6 is 12.2 Å². The van der Waals surface area contributed by atoms with Gasteiger partial charge in [0, 0.05) is 0 Å². The van der Waals surface area contributed by atoms with Gasteiger partial charge in [-0.1, -0.05) is 0 Å². The highest BCUT2D eigenvalue weighted by atomic mass is 32.1. The van der Waals surface area contributed by atoms with E-state index in [0.717, 1.165) is 10.8 Å². The second kappa shape index (κ2) is 6.40. The Morgan fingerprint density at radius 2 is 2.14 bits per heavy atom. The zero-order valence-corrected chi connectivity index (χ0v) is 12.5. The van der Waals surface area contributed by atoms with E-state index in [-0.39, 0.29) is 5.11 Å². The lowest BCUT2D eigenvalue weighted by Gasteiger charge is -2.08. The van der Waals surface area contributed by atoms with Crippen molar-refractivity contribution in [1.82, 2.24) is 5.01 Å². The fraction of sp³-hybridized carbons (Fsp3) is 0.308. The molecule has 0 spiro atoms. The first kappa shape index (κ1) is 15.0. The first-order valence-electron chi connectivity index (χ1n) is 6.35. The van der Waals surface area contributed by atoms with Crippen LogP contribution in [0.25, 0.3) is 0 Å². The van der Waals surface area contributed by atoms with Crippen molar-refractivity contribution >= 4 is 34.6 Å². The molecule has 0 saturated carbocycles. The van der Waals surface area contributed by atoms with E-state index < -0.39 is 11.9 Å². The number of nitrogens with two attached hydrogens (primary N) is 1. The van der Waals surface area contributed by atoms with Crippen LogP contribution in [0.15, 0.2) is 39.6 Å². The molecule has 1 aliphatic rings. The normalized spacial score (nSPS) is 18.2. The maximum absolute atomic E-state index is 12.0. The topological polar surface area (TPSA) is 92.6 Å². The van der Waals surface area contributed by atoms with E-state index in [1.807, 2.05) is 6.92 Å². The molecule has 0 aromatic heterocycles. The molecule has 1 aromatic rings. The standard InChI is InChI=1S/C13H15N5O2S/c1-3-20-10-6-4-9(5-7-10)15-16-11-8(2)17-18(12(11)19)13(14)21/h4-7,11H,3H2,1-2H3,(H2,14,21)/t11-/m1/s1. The van der Waals surface area contributed by atoms with E-state index in [1.165, 1.54) is 0 Å². The second-order valence-corrected chi connectivity index (χ2v) is 4.69. The van der Waals surface area contributed by atoms with Gasteiger partial charge in [0.05, 0.1) is 18.0 Å². The molecule has 0 radical (unpaired) electrons. The average molecular weight is 305 g/mol. The van der Waals surface area contributed by atoms with Gasteiger partial charge in [0.25, 0.3) is 5.91 Å². The summed E-state index contributed by atoms with van der Waals surface area (Å²) in [5.74, 6) is 0.362. The number of rotatable bonds is 4. The Kier molecular flexibility index (Phi) is 4.59. The Balaban J connectivity index is 2.09. The summed E-state index contributed by atoms with van der Waals surface area (Å²) >= 11 is 4.74. The van der Waals surface area contributed by atoms with Crippen molar-refractivity contribution in [2.24, 2.45) is 21.1 Å². The van der Waals surface area contributed by atoms with Gasteiger partial charge in [-0.2, -0.15) is 20.3 Å². The number of nitrogens with zero attached hydrogens (tertiary/aromatic N) is 4. The molecule has 2 rings (SSSR count). The van der Waals surface area contributed by atoms with Crippen LogP contribution in [0.3, 0.4) is 0 Å². The average Bonchev–Trinajstić information content (AvgIpc) is 2.74. The molecule has 1 aromatic carbocycles. The van der Waals surface area contributed by atoms with Gasteiger partial charge < -0.3 is 10.5 Å². The van der Waals surface area contributed by atoms with E-state index in [9.17, 15) is 4.79 Å². The van der Waals surface area contributed by atoms with Gasteiger partial charge >= 0.3 is 0 Å². The number of amides is 1. The van der Waals surface area contributed by atoms with Gasteiger partial charge in [0.15, 0.2) is 11.2 Å². The lowest BCUT2D eigenvalue weighted by Crippen LogP contribution is -2.37. The third-order valence-corrected chi connectivity index (χ3v) is 2.91. The predicted octanol–water partition coefficient (Wildman–Crippen LogP) is 2.00. The van der Waals surface area contributed by atoms with Gasteiger partial charge in [-0.05, 0) is 50.3 Å². The number of benzene rings is 1. The van der Waals surface area contributed by atoms with E-state index in [1.54, 1.807) is 31.2 Å². The summed E-state index contributed by atoms with van der Waals surface area (Å²) in [6.45, 7) is 4.19. The van der Waals surface area contributed by atoms with Crippen LogP contribution in [0.2, 0.25) is 0 Å². The van der Waals surface area contributed by atoms with Gasteiger partial charge in [0.1, 0.15) is 5.75 Å². The number of hydrogen-bond donors (Lipinski definition) is 1. The van der Waals surface area contributed by atoms with Gasteiger partial charge in [-0.3, -0.25) is 4.79 Å². The number of azo groups is 1. The number of thiocarbonyl (C=S) groups is 1. The molecule has 1 atom stereocenters. The second-order valence-electron chi connectivity index (χ2n) is 4.27. The first-order valence-corrected chi connectivity index (χ1v) is 6.76. The van der Waals surface area contributed by atoms with Gasteiger partial charge in [0.2, 0.25) is 0 Å². The quantitative estimate of drug-likeness (QED) is 0.680. The summed E-state index contributed by atoms with van der Waals surface area (Å²) in [5, 5.41) is 12.9. The van der Waals surface area contributed by atoms with E-state index in [4.69, 9.17) is 22.7 Å². The smallest absolute Gasteiger partial charge is 0.282 e. The molecule has 0 unspecified atom stereocenters. The van der Waals surface area contributed by atoms with Gasteiger partial charge in [-0.25, -0.2) is 0 Å². The van der Waals surface area contributed by atoms with Crippen LogP contribution < -0.4 is 10.5 Å². The Labute approximate surface area is 127 Å². The lowest BCUT2D eigenvalue weighted by molar-refractivity contribution is -0.126. The first-order chi connectivity index (χ1) is 10.0. The van der Waals surface area contributed by atoms with Crippen LogP contribution in [0, 0.1) is 0 Å². The molecular formula is C13H15N5O2S. The molecule has 0 bridgehead atoms. The van der Waals surface area contributed by atoms with Crippen molar-refractivity contribution in [2.75, 3.05) is 6.61 Å². The molecule has 2 N–H and O–H groups in total. The van der Waals surface area contributed by atoms with Crippen molar-refractivity contribution in [2.45, 2.75) is 19.9 Å². The Morgan fingerprint density at radius 3 is 2.67 bits per heavy atom. The fourth-order valence-electron chi connectivity index (χ4n) is 1.75. The SMILES string of the molecule is CCOc1ccc(N=N[C@H]2C(=O)N(C(N)=S)N=C2C)cc1. The minimum atomic E-state index is -0.780. The van der Waals surface area contributed by atoms with Crippen molar-refractivity contribution in [3.8, 4) is 5.75 Å². The Morgan fingerprint density at radius 1 is 1.48 bits per heavy atom. The van der Waals surface area contributed by atoms with Crippen LogP contribution in [0.1, 0.15) is 13.8 Å².